The van der Waals surface area contributed by atoms with E-state index in [1.807, 2.05) is 0 Å². The minimum absolute atomic E-state index is 0.0785. The van der Waals surface area contributed by atoms with Gasteiger partial charge < -0.3 is 10.4 Å². The first-order valence-corrected chi connectivity index (χ1v) is 7.31. The van der Waals surface area contributed by atoms with Gasteiger partial charge in [-0.1, -0.05) is 23.9 Å². The summed E-state index contributed by atoms with van der Waals surface area (Å²) in [6.07, 6.45) is -3.58. The Labute approximate surface area is 150 Å². The lowest BCUT2D eigenvalue weighted by Gasteiger charge is -2.14. The van der Waals surface area contributed by atoms with Gasteiger partial charge in [0.25, 0.3) is 5.69 Å². The maximum absolute atomic E-state index is 12.9. The summed E-state index contributed by atoms with van der Waals surface area (Å²) in [7, 11) is 0. The summed E-state index contributed by atoms with van der Waals surface area (Å²) in [6, 6.07) is 7.79. The van der Waals surface area contributed by atoms with Crippen molar-refractivity contribution in [3.8, 4) is 5.75 Å². The number of rotatable bonds is 4. The molecule has 2 N–H and O–H groups in total. The van der Waals surface area contributed by atoms with Gasteiger partial charge in [-0.25, -0.2) is 0 Å². The third-order valence-corrected chi connectivity index (χ3v) is 3.25. The third kappa shape index (κ3) is 4.89. The van der Waals surface area contributed by atoms with Crippen molar-refractivity contribution < 1.29 is 23.2 Å². The van der Waals surface area contributed by atoms with Gasteiger partial charge in [-0.05, 0) is 29.9 Å². The summed E-state index contributed by atoms with van der Waals surface area (Å²) in [5.41, 5.74) is 0.690. The van der Waals surface area contributed by atoms with E-state index in [2.05, 4.69) is 15.8 Å². The molecule has 0 bridgehead atoms. The van der Waals surface area contributed by atoms with Crippen molar-refractivity contribution in [2.45, 2.75) is 6.18 Å². The number of non-ortho nitro benzene ring substituents is 1. The predicted octanol–water partition coefficient (Wildman–Crippen LogP) is 3.01. The molecule has 7 nitrogen and oxygen atoms in total. The highest BCUT2D eigenvalue weighted by molar-refractivity contribution is 7.80. The molecule has 0 unspecified atom stereocenters. The highest BCUT2D eigenvalue weighted by Gasteiger charge is 2.33. The number of alkyl halides is 3. The molecule has 0 spiro atoms. The highest BCUT2D eigenvalue weighted by Crippen LogP contribution is 2.34. The minimum Gasteiger partial charge on any atom is -0.872 e. The number of halogens is 3. The zero-order chi connectivity index (χ0) is 19.3. The predicted molar refractivity (Wildman–Crippen MR) is 90.9 cm³/mol. The number of nitro benzene ring substituents is 1. The molecule has 0 aliphatic heterocycles. The van der Waals surface area contributed by atoms with Crippen LogP contribution in [-0.2, 0) is 6.18 Å². The molecule has 2 aromatic rings. The van der Waals surface area contributed by atoms with Crippen molar-refractivity contribution in [1.29, 1.82) is 0 Å². The Morgan fingerprint density at radius 3 is 2.58 bits per heavy atom. The van der Waals surface area contributed by atoms with Crippen LogP contribution >= 0.6 is 12.2 Å². The molecule has 0 aliphatic carbocycles. The zero-order valence-corrected chi connectivity index (χ0v) is 13.6. The van der Waals surface area contributed by atoms with E-state index in [0.717, 1.165) is 30.5 Å². The number of hydrogen-bond acceptors (Lipinski definition) is 5. The van der Waals surface area contributed by atoms with E-state index in [4.69, 9.17) is 12.2 Å². The fraction of sp³-hybridized carbons (Fsp3) is 0.0667. The van der Waals surface area contributed by atoms with Crippen LogP contribution < -0.4 is 15.8 Å². The maximum atomic E-state index is 12.9. The highest BCUT2D eigenvalue weighted by atomic mass is 32.1. The number of nitrogens with one attached hydrogen (secondary N) is 2. The second-order valence-corrected chi connectivity index (χ2v) is 5.25. The molecule has 0 heterocycles. The van der Waals surface area contributed by atoms with Crippen LogP contribution in [0.3, 0.4) is 0 Å². The van der Waals surface area contributed by atoms with Crippen LogP contribution in [0.15, 0.2) is 47.6 Å². The number of hydrazone groups is 1. The quantitative estimate of drug-likeness (QED) is 0.364. The van der Waals surface area contributed by atoms with E-state index in [0.29, 0.717) is 0 Å². The van der Waals surface area contributed by atoms with Crippen LogP contribution in [0.4, 0.5) is 24.5 Å². The van der Waals surface area contributed by atoms with E-state index in [9.17, 15) is 28.4 Å². The number of para-hydroxylation sites is 1. The second kappa shape index (κ2) is 7.78. The normalized spacial score (nSPS) is 11.3. The molecule has 0 amide bonds. The van der Waals surface area contributed by atoms with Crippen molar-refractivity contribution in [2.24, 2.45) is 5.10 Å². The van der Waals surface area contributed by atoms with Crippen molar-refractivity contribution >= 4 is 34.9 Å². The standard InChI is InChI=1S/C15H11F3N4O3S/c16-15(17,18)11-3-1-2-4-12(11)20-14(26)21-19-8-9-7-10(22(24)25)5-6-13(9)23/h1-8,23H,(H2,20,21,26)/p-1/b19-8-. The van der Waals surface area contributed by atoms with Gasteiger partial charge >= 0.3 is 6.18 Å². The number of thiocarbonyl (C=S) groups is 1. The van der Waals surface area contributed by atoms with Gasteiger partial charge in [-0.2, -0.15) is 18.3 Å². The summed E-state index contributed by atoms with van der Waals surface area (Å²) in [5, 5.41) is 28.0. The third-order valence-electron chi connectivity index (χ3n) is 3.05. The van der Waals surface area contributed by atoms with Gasteiger partial charge in [-0.15, -0.1) is 0 Å². The molecule has 0 atom stereocenters. The lowest BCUT2D eigenvalue weighted by atomic mass is 10.2. The van der Waals surface area contributed by atoms with Crippen LogP contribution in [0.2, 0.25) is 0 Å². The Balaban J connectivity index is 2.08. The van der Waals surface area contributed by atoms with E-state index in [-0.39, 0.29) is 22.1 Å². The smallest absolute Gasteiger partial charge is 0.418 e. The molecular weight excluding hydrogens is 373 g/mol. The van der Waals surface area contributed by atoms with Gasteiger partial charge in [0.05, 0.1) is 22.4 Å². The minimum atomic E-state index is -4.57. The molecule has 136 valence electrons. The summed E-state index contributed by atoms with van der Waals surface area (Å²) >= 11 is 4.84. The van der Waals surface area contributed by atoms with Gasteiger partial charge in [0.1, 0.15) is 0 Å². The molecule has 0 saturated heterocycles. The number of nitro groups is 1. The Morgan fingerprint density at radius 1 is 1.23 bits per heavy atom. The summed E-state index contributed by atoms with van der Waals surface area (Å²) < 4.78 is 38.7. The van der Waals surface area contributed by atoms with Crippen molar-refractivity contribution in [1.82, 2.24) is 5.43 Å². The fourth-order valence-electron chi connectivity index (χ4n) is 1.90. The largest absolute Gasteiger partial charge is 0.872 e. The maximum Gasteiger partial charge on any atom is 0.418 e. The number of anilines is 1. The summed E-state index contributed by atoms with van der Waals surface area (Å²) in [5.74, 6) is -0.512. The van der Waals surface area contributed by atoms with Gasteiger partial charge in [-0.3, -0.25) is 15.5 Å². The van der Waals surface area contributed by atoms with Gasteiger partial charge in [0.15, 0.2) is 5.11 Å². The lowest BCUT2D eigenvalue weighted by Crippen LogP contribution is -2.25. The van der Waals surface area contributed by atoms with Crippen molar-refractivity contribution in [2.75, 3.05) is 5.32 Å². The SMILES string of the molecule is O=[N+]([O-])c1ccc([O-])c(/C=N\NC(=S)Nc2ccccc2C(F)(F)F)c1. The van der Waals surface area contributed by atoms with E-state index in [1.54, 1.807) is 0 Å². The molecule has 11 heteroatoms. The van der Waals surface area contributed by atoms with Gasteiger partial charge in [0.2, 0.25) is 0 Å². The van der Waals surface area contributed by atoms with E-state index in [1.165, 1.54) is 18.2 Å². The fourth-order valence-corrected chi connectivity index (χ4v) is 2.06. The Hall–Kier alpha value is -3.21. The van der Waals surface area contributed by atoms with Crippen LogP contribution in [0.25, 0.3) is 0 Å². The lowest BCUT2D eigenvalue weighted by molar-refractivity contribution is -0.385. The van der Waals surface area contributed by atoms with Crippen molar-refractivity contribution in [3.63, 3.8) is 0 Å². The monoisotopic (exact) mass is 383 g/mol. The number of benzene rings is 2. The molecule has 0 fully saturated rings. The first-order valence-electron chi connectivity index (χ1n) is 6.90. The Kier molecular flexibility index (Phi) is 5.72. The molecule has 26 heavy (non-hydrogen) atoms. The molecule has 2 rings (SSSR count). The molecular formula is C15H10F3N4O3S-. The first-order chi connectivity index (χ1) is 12.2. The van der Waals surface area contributed by atoms with Crippen LogP contribution in [0.5, 0.6) is 5.75 Å². The Bertz CT molecular complexity index is 871. The molecule has 2 aromatic carbocycles. The Morgan fingerprint density at radius 2 is 1.92 bits per heavy atom. The van der Waals surface area contributed by atoms with E-state index < -0.39 is 22.4 Å². The number of hydrogen-bond donors (Lipinski definition) is 2. The molecule has 0 aliphatic rings. The average Bonchev–Trinajstić information content (AvgIpc) is 2.55. The topological polar surface area (TPSA) is 103 Å². The van der Waals surface area contributed by atoms with Gasteiger partial charge in [0, 0.05) is 12.1 Å². The number of nitrogens with zero attached hydrogens (tertiary/aromatic N) is 2. The van der Waals surface area contributed by atoms with Crippen molar-refractivity contribution in [3.05, 3.63) is 63.7 Å². The first kappa shape index (κ1) is 19.1. The van der Waals surface area contributed by atoms with Crippen LogP contribution in [0, 0.1) is 10.1 Å². The summed E-state index contributed by atoms with van der Waals surface area (Å²) in [6.45, 7) is 0. The summed E-state index contributed by atoms with van der Waals surface area (Å²) in [4.78, 5) is 10.0. The molecule has 0 aromatic heterocycles. The molecule has 0 saturated carbocycles. The second-order valence-electron chi connectivity index (χ2n) is 4.85. The molecule has 0 radical (unpaired) electrons. The zero-order valence-electron chi connectivity index (χ0n) is 12.8. The van der Waals surface area contributed by atoms with Crippen LogP contribution in [-0.4, -0.2) is 16.3 Å². The average molecular weight is 383 g/mol. The van der Waals surface area contributed by atoms with Crippen LogP contribution in [0.1, 0.15) is 11.1 Å². The van der Waals surface area contributed by atoms with E-state index >= 15 is 0 Å².